The summed E-state index contributed by atoms with van der Waals surface area (Å²) in [6.07, 6.45) is 1.05. The average Bonchev–Trinajstić information content (AvgIpc) is 1.80. The van der Waals surface area contributed by atoms with Crippen molar-refractivity contribution in [3.63, 3.8) is 0 Å². The van der Waals surface area contributed by atoms with Gasteiger partial charge in [-0.3, -0.25) is 4.79 Å². The van der Waals surface area contributed by atoms with Crippen LogP contribution in [0.1, 0.15) is 33.6 Å². The Morgan fingerprint density at radius 3 is 2.27 bits per heavy atom. The summed E-state index contributed by atoms with van der Waals surface area (Å²) in [5, 5.41) is 17.8. The lowest BCUT2D eigenvalue weighted by Gasteiger charge is -2.17. The Balaban J connectivity index is 3.63. The molecule has 0 bridgehead atoms. The third kappa shape index (κ3) is 5.85. The summed E-state index contributed by atoms with van der Waals surface area (Å²) >= 11 is 0. The van der Waals surface area contributed by atoms with E-state index < -0.39 is 11.6 Å². The molecule has 0 heterocycles. The Kier molecular flexibility index (Phi) is 3.52. The minimum atomic E-state index is -0.797. The monoisotopic (exact) mass is 160 g/mol. The molecule has 0 aromatic carbocycles. The molecule has 0 fully saturated rings. The van der Waals surface area contributed by atoms with Gasteiger partial charge in [0.2, 0.25) is 0 Å². The van der Waals surface area contributed by atoms with Gasteiger partial charge in [0.05, 0.1) is 11.5 Å². The maximum Gasteiger partial charge on any atom is 0.306 e. The summed E-state index contributed by atoms with van der Waals surface area (Å²) in [7, 11) is 0. The second-order valence-corrected chi connectivity index (χ2v) is 3.59. The molecule has 0 saturated carbocycles. The van der Waals surface area contributed by atoms with Crippen LogP contribution in [0.4, 0.5) is 0 Å². The van der Waals surface area contributed by atoms with Crippen LogP contribution in [0.15, 0.2) is 0 Å². The van der Waals surface area contributed by atoms with E-state index in [4.69, 9.17) is 5.11 Å². The first-order chi connectivity index (χ1) is 4.83. The largest absolute Gasteiger partial charge is 0.481 e. The van der Waals surface area contributed by atoms with Gasteiger partial charge in [-0.1, -0.05) is 6.92 Å². The lowest BCUT2D eigenvalue weighted by atomic mass is 9.96. The number of carboxylic acid groups (broad SMARTS) is 1. The molecule has 11 heavy (non-hydrogen) atoms. The predicted molar refractivity (Wildman–Crippen MR) is 42.3 cm³/mol. The molecule has 0 saturated heterocycles. The molecule has 0 aromatic rings. The van der Waals surface area contributed by atoms with Crippen LogP contribution in [0.25, 0.3) is 0 Å². The number of aliphatic hydroxyl groups is 1. The number of hydrogen-bond acceptors (Lipinski definition) is 2. The molecule has 0 aromatic heterocycles. The van der Waals surface area contributed by atoms with Crippen LogP contribution in [0.2, 0.25) is 0 Å². The minimum absolute atomic E-state index is 0.360. The normalized spacial score (nSPS) is 14.5. The molecule has 0 aliphatic rings. The van der Waals surface area contributed by atoms with Crippen LogP contribution in [0.5, 0.6) is 0 Å². The quantitative estimate of drug-likeness (QED) is 0.651. The van der Waals surface area contributed by atoms with Crippen LogP contribution < -0.4 is 0 Å². The third-order valence-electron chi connectivity index (χ3n) is 1.61. The van der Waals surface area contributed by atoms with Crippen LogP contribution in [-0.2, 0) is 4.79 Å². The van der Waals surface area contributed by atoms with Crippen molar-refractivity contribution in [2.75, 3.05) is 0 Å². The van der Waals surface area contributed by atoms with Gasteiger partial charge >= 0.3 is 5.97 Å². The highest BCUT2D eigenvalue weighted by molar-refractivity contribution is 5.69. The van der Waals surface area contributed by atoms with Gasteiger partial charge < -0.3 is 10.2 Å². The number of hydrogen-bond donors (Lipinski definition) is 2. The van der Waals surface area contributed by atoms with Crippen molar-refractivity contribution in [1.29, 1.82) is 0 Å². The highest BCUT2D eigenvalue weighted by atomic mass is 16.4. The maximum atomic E-state index is 10.3. The van der Waals surface area contributed by atoms with E-state index in [1.54, 1.807) is 20.8 Å². The first-order valence-electron chi connectivity index (χ1n) is 3.78. The Labute approximate surface area is 67.0 Å². The predicted octanol–water partition coefficient (Wildman–Crippen LogP) is 1.26. The van der Waals surface area contributed by atoms with E-state index in [0.29, 0.717) is 12.8 Å². The topological polar surface area (TPSA) is 57.5 Å². The van der Waals surface area contributed by atoms with E-state index in [2.05, 4.69) is 0 Å². The lowest BCUT2D eigenvalue weighted by Crippen LogP contribution is -2.21. The molecule has 0 rings (SSSR count). The van der Waals surface area contributed by atoms with Gasteiger partial charge in [0.25, 0.3) is 0 Å². The van der Waals surface area contributed by atoms with Gasteiger partial charge in [-0.15, -0.1) is 0 Å². The van der Waals surface area contributed by atoms with E-state index >= 15 is 0 Å². The molecule has 0 amide bonds. The molecular formula is C8H16O3. The average molecular weight is 160 g/mol. The summed E-state index contributed by atoms with van der Waals surface area (Å²) in [5.74, 6) is -1.16. The van der Waals surface area contributed by atoms with Crippen molar-refractivity contribution in [3.8, 4) is 0 Å². The Morgan fingerprint density at radius 1 is 1.55 bits per heavy atom. The fraction of sp³-hybridized carbons (Fsp3) is 0.875. The van der Waals surface area contributed by atoms with E-state index in [-0.39, 0.29) is 5.92 Å². The first-order valence-corrected chi connectivity index (χ1v) is 3.78. The Hall–Kier alpha value is -0.570. The van der Waals surface area contributed by atoms with Gasteiger partial charge in [0.15, 0.2) is 0 Å². The summed E-state index contributed by atoms with van der Waals surface area (Å²) < 4.78 is 0. The van der Waals surface area contributed by atoms with Gasteiger partial charge in [-0.25, -0.2) is 0 Å². The maximum absolute atomic E-state index is 10.3. The molecule has 66 valence electrons. The van der Waals surface area contributed by atoms with Crippen molar-refractivity contribution < 1.29 is 15.0 Å². The van der Waals surface area contributed by atoms with Gasteiger partial charge in [-0.2, -0.15) is 0 Å². The fourth-order valence-electron chi connectivity index (χ4n) is 0.693. The van der Waals surface area contributed by atoms with Crippen LogP contribution in [0.3, 0.4) is 0 Å². The highest BCUT2D eigenvalue weighted by Gasteiger charge is 2.17. The number of aliphatic carboxylic acids is 1. The number of rotatable bonds is 4. The van der Waals surface area contributed by atoms with Gasteiger partial charge in [0, 0.05) is 0 Å². The van der Waals surface area contributed by atoms with Crippen LogP contribution in [0, 0.1) is 5.92 Å². The van der Waals surface area contributed by atoms with Crippen molar-refractivity contribution in [2.45, 2.75) is 39.2 Å². The highest BCUT2D eigenvalue weighted by Crippen LogP contribution is 2.15. The Morgan fingerprint density at radius 2 is 2.00 bits per heavy atom. The number of carbonyl (C=O) groups is 1. The molecule has 3 heteroatoms. The van der Waals surface area contributed by atoms with E-state index in [0.717, 1.165) is 0 Å². The fourth-order valence-corrected chi connectivity index (χ4v) is 0.693. The SMILES string of the molecule is CC(CCC(C)(C)O)C(=O)O. The zero-order valence-electron chi connectivity index (χ0n) is 7.29. The van der Waals surface area contributed by atoms with E-state index in [9.17, 15) is 9.90 Å². The molecule has 1 atom stereocenters. The van der Waals surface area contributed by atoms with Crippen molar-refractivity contribution >= 4 is 5.97 Å². The molecule has 0 aliphatic carbocycles. The summed E-state index contributed by atoms with van der Waals surface area (Å²) in [6, 6.07) is 0. The molecule has 3 nitrogen and oxygen atoms in total. The zero-order valence-corrected chi connectivity index (χ0v) is 7.29. The minimum Gasteiger partial charge on any atom is -0.481 e. The lowest BCUT2D eigenvalue weighted by molar-refractivity contribution is -0.141. The third-order valence-corrected chi connectivity index (χ3v) is 1.61. The zero-order chi connectivity index (χ0) is 9.07. The molecular weight excluding hydrogens is 144 g/mol. The molecule has 1 unspecified atom stereocenters. The second-order valence-electron chi connectivity index (χ2n) is 3.59. The van der Waals surface area contributed by atoms with Crippen LogP contribution >= 0.6 is 0 Å². The van der Waals surface area contributed by atoms with Crippen molar-refractivity contribution in [2.24, 2.45) is 5.92 Å². The standard InChI is InChI=1S/C8H16O3/c1-6(7(9)10)4-5-8(2,3)11/h6,11H,4-5H2,1-3H3,(H,9,10). The van der Waals surface area contributed by atoms with Gasteiger partial charge in [0.1, 0.15) is 0 Å². The molecule has 0 aliphatic heterocycles. The van der Waals surface area contributed by atoms with Gasteiger partial charge in [-0.05, 0) is 26.7 Å². The second kappa shape index (κ2) is 3.72. The first kappa shape index (κ1) is 10.4. The molecule has 0 spiro atoms. The summed E-state index contributed by atoms with van der Waals surface area (Å²) in [6.45, 7) is 5.01. The summed E-state index contributed by atoms with van der Waals surface area (Å²) in [4.78, 5) is 10.3. The number of carboxylic acids is 1. The van der Waals surface area contributed by atoms with E-state index in [1.807, 2.05) is 0 Å². The smallest absolute Gasteiger partial charge is 0.306 e. The Bertz CT molecular complexity index is 135. The molecule has 2 N–H and O–H groups in total. The van der Waals surface area contributed by atoms with Crippen molar-refractivity contribution in [1.82, 2.24) is 0 Å². The summed E-state index contributed by atoms with van der Waals surface area (Å²) in [5.41, 5.74) is -0.746. The molecule has 0 radical (unpaired) electrons. The van der Waals surface area contributed by atoms with Crippen molar-refractivity contribution in [3.05, 3.63) is 0 Å². The van der Waals surface area contributed by atoms with Crippen LogP contribution in [-0.4, -0.2) is 21.8 Å². The van der Waals surface area contributed by atoms with E-state index in [1.165, 1.54) is 0 Å².